The van der Waals surface area contributed by atoms with Crippen molar-refractivity contribution >= 4 is 17.5 Å². The number of phenols is 1. The molecule has 0 aromatic heterocycles. The number of hydrogen-bond donors (Lipinski definition) is 3. The Labute approximate surface area is 111 Å². The van der Waals surface area contributed by atoms with Crippen LogP contribution in [-0.4, -0.2) is 41.5 Å². The van der Waals surface area contributed by atoms with Gasteiger partial charge in [0.1, 0.15) is 0 Å². The summed E-state index contributed by atoms with van der Waals surface area (Å²) in [6, 6.07) is 4.55. The average molecular weight is 263 g/mol. The number of piperidine rings is 1. The van der Waals surface area contributed by atoms with Crippen molar-refractivity contribution in [1.82, 2.24) is 10.2 Å². The second-order valence-electron chi connectivity index (χ2n) is 4.73. The highest BCUT2D eigenvalue weighted by molar-refractivity contribution is 5.98. The molecule has 2 rings (SSSR count). The molecule has 19 heavy (non-hydrogen) atoms. The molecule has 4 N–H and O–H groups in total. The van der Waals surface area contributed by atoms with Gasteiger partial charge in [-0.05, 0) is 18.6 Å². The van der Waals surface area contributed by atoms with Crippen LogP contribution < -0.4 is 11.1 Å². The summed E-state index contributed by atoms with van der Waals surface area (Å²) in [7, 11) is 1.71. The molecule has 1 fully saturated rings. The number of para-hydroxylation sites is 1. The molecule has 2 amide bonds. The lowest BCUT2D eigenvalue weighted by Gasteiger charge is -2.30. The number of carbonyl (C=O) groups is 2. The Bertz CT molecular complexity index is 516. The highest BCUT2D eigenvalue weighted by Gasteiger charge is 2.25. The van der Waals surface area contributed by atoms with Crippen LogP contribution in [0.3, 0.4) is 0 Å². The van der Waals surface area contributed by atoms with Crippen LogP contribution in [-0.2, 0) is 4.79 Å². The maximum absolute atomic E-state index is 12.0. The molecule has 0 spiro atoms. The van der Waals surface area contributed by atoms with Gasteiger partial charge in [0.05, 0.1) is 11.3 Å². The maximum atomic E-state index is 12.0. The van der Waals surface area contributed by atoms with Gasteiger partial charge in [0.25, 0.3) is 5.91 Å². The number of benzene rings is 1. The Hall–Kier alpha value is -2.24. The van der Waals surface area contributed by atoms with Gasteiger partial charge in [0, 0.05) is 26.1 Å². The number of likely N-dealkylation sites (N-methyl/N-ethyl adjacent to an activating group) is 1. The molecule has 1 aromatic rings. The minimum atomic E-state index is -0.377. The number of amides is 2. The SMILES string of the molecule is CN1CC(NC(=O)c2cccc(N)c2O)CCC1=O. The van der Waals surface area contributed by atoms with Gasteiger partial charge in [-0.1, -0.05) is 6.07 Å². The topological polar surface area (TPSA) is 95.7 Å². The third kappa shape index (κ3) is 2.78. The van der Waals surface area contributed by atoms with Gasteiger partial charge in [-0.2, -0.15) is 0 Å². The summed E-state index contributed by atoms with van der Waals surface area (Å²) < 4.78 is 0. The molecule has 1 aliphatic heterocycles. The van der Waals surface area contributed by atoms with Crippen LogP contribution in [0.4, 0.5) is 5.69 Å². The molecule has 0 radical (unpaired) electrons. The van der Waals surface area contributed by atoms with Gasteiger partial charge < -0.3 is 21.1 Å². The fourth-order valence-electron chi connectivity index (χ4n) is 2.14. The Kier molecular flexibility index (Phi) is 3.59. The molecule has 0 saturated carbocycles. The van der Waals surface area contributed by atoms with Crippen molar-refractivity contribution in [2.45, 2.75) is 18.9 Å². The van der Waals surface area contributed by atoms with Crippen molar-refractivity contribution in [3.8, 4) is 5.75 Å². The first-order valence-electron chi connectivity index (χ1n) is 6.11. The van der Waals surface area contributed by atoms with E-state index in [-0.39, 0.29) is 34.9 Å². The number of hydrogen-bond acceptors (Lipinski definition) is 4. The number of nitrogen functional groups attached to an aromatic ring is 1. The lowest BCUT2D eigenvalue weighted by Crippen LogP contribution is -2.48. The molecule has 6 heteroatoms. The molecule has 1 saturated heterocycles. The summed E-state index contributed by atoms with van der Waals surface area (Å²) in [4.78, 5) is 25.0. The number of phenolic OH excluding ortho intramolecular Hbond substituents is 1. The number of rotatable bonds is 2. The van der Waals surface area contributed by atoms with Gasteiger partial charge in [-0.3, -0.25) is 9.59 Å². The maximum Gasteiger partial charge on any atom is 0.255 e. The van der Waals surface area contributed by atoms with E-state index < -0.39 is 0 Å². The predicted octanol–water partition coefficient (Wildman–Crippen LogP) is 0.325. The number of nitrogens with one attached hydrogen (secondary N) is 1. The van der Waals surface area contributed by atoms with E-state index in [1.165, 1.54) is 12.1 Å². The lowest BCUT2D eigenvalue weighted by atomic mass is 10.0. The van der Waals surface area contributed by atoms with Crippen molar-refractivity contribution in [3.63, 3.8) is 0 Å². The zero-order valence-electron chi connectivity index (χ0n) is 10.7. The standard InChI is InChI=1S/C13H17N3O3/c1-16-7-8(5-6-11(16)17)15-13(19)9-3-2-4-10(14)12(9)18/h2-4,8,18H,5-7,14H2,1H3,(H,15,19). The Morgan fingerprint density at radius 3 is 2.95 bits per heavy atom. The molecule has 1 atom stereocenters. The largest absolute Gasteiger partial charge is 0.505 e. The van der Waals surface area contributed by atoms with Crippen LogP contribution in [0.2, 0.25) is 0 Å². The molecular weight excluding hydrogens is 246 g/mol. The third-order valence-electron chi connectivity index (χ3n) is 3.27. The first-order valence-corrected chi connectivity index (χ1v) is 6.11. The smallest absolute Gasteiger partial charge is 0.255 e. The van der Waals surface area contributed by atoms with E-state index in [0.29, 0.717) is 19.4 Å². The molecular formula is C13H17N3O3. The van der Waals surface area contributed by atoms with Gasteiger partial charge in [-0.15, -0.1) is 0 Å². The minimum Gasteiger partial charge on any atom is -0.505 e. The molecule has 102 valence electrons. The van der Waals surface area contributed by atoms with Gasteiger partial charge in [0.15, 0.2) is 5.75 Å². The number of nitrogens with two attached hydrogens (primary N) is 1. The van der Waals surface area contributed by atoms with E-state index in [2.05, 4.69) is 5.32 Å². The second kappa shape index (κ2) is 5.17. The highest BCUT2D eigenvalue weighted by atomic mass is 16.3. The van der Waals surface area contributed by atoms with Crippen molar-refractivity contribution in [1.29, 1.82) is 0 Å². The van der Waals surface area contributed by atoms with E-state index in [1.54, 1.807) is 18.0 Å². The first kappa shape index (κ1) is 13.2. The van der Waals surface area contributed by atoms with Crippen LogP contribution in [0.25, 0.3) is 0 Å². The quantitative estimate of drug-likeness (QED) is 0.529. The summed E-state index contributed by atoms with van der Waals surface area (Å²) in [5.41, 5.74) is 5.87. The summed E-state index contributed by atoms with van der Waals surface area (Å²) in [5, 5.41) is 12.5. The fourth-order valence-corrected chi connectivity index (χ4v) is 2.14. The van der Waals surface area contributed by atoms with Crippen LogP contribution in [0.5, 0.6) is 5.75 Å². The number of anilines is 1. The average Bonchev–Trinajstić information content (AvgIpc) is 2.37. The van der Waals surface area contributed by atoms with E-state index in [9.17, 15) is 14.7 Å². The zero-order valence-corrected chi connectivity index (χ0v) is 10.7. The zero-order chi connectivity index (χ0) is 14.0. The molecule has 1 unspecified atom stereocenters. The summed E-state index contributed by atoms with van der Waals surface area (Å²) in [6.45, 7) is 0.480. The Morgan fingerprint density at radius 1 is 1.53 bits per heavy atom. The lowest BCUT2D eigenvalue weighted by molar-refractivity contribution is -0.132. The van der Waals surface area contributed by atoms with E-state index in [0.717, 1.165) is 0 Å². The second-order valence-corrected chi connectivity index (χ2v) is 4.73. The normalized spacial score (nSPS) is 19.3. The first-order chi connectivity index (χ1) is 8.99. The number of likely N-dealkylation sites (tertiary alicyclic amines) is 1. The molecule has 0 bridgehead atoms. The highest BCUT2D eigenvalue weighted by Crippen LogP contribution is 2.24. The third-order valence-corrected chi connectivity index (χ3v) is 3.27. The van der Waals surface area contributed by atoms with Crippen molar-refractivity contribution in [2.75, 3.05) is 19.3 Å². The van der Waals surface area contributed by atoms with Gasteiger partial charge in [0.2, 0.25) is 5.91 Å². The summed E-state index contributed by atoms with van der Waals surface area (Å²) in [6.07, 6.45) is 1.03. The van der Waals surface area contributed by atoms with E-state index in [1.807, 2.05) is 0 Å². The predicted molar refractivity (Wildman–Crippen MR) is 70.6 cm³/mol. The van der Waals surface area contributed by atoms with Crippen LogP contribution in [0.15, 0.2) is 18.2 Å². The summed E-state index contributed by atoms with van der Waals surface area (Å²) >= 11 is 0. The Balaban J connectivity index is 2.05. The molecule has 6 nitrogen and oxygen atoms in total. The van der Waals surface area contributed by atoms with Crippen molar-refractivity contribution in [3.05, 3.63) is 23.8 Å². The van der Waals surface area contributed by atoms with Crippen LogP contribution in [0, 0.1) is 0 Å². The number of carbonyl (C=O) groups excluding carboxylic acids is 2. The number of nitrogens with zero attached hydrogens (tertiary/aromatic N) is 1. The molecule has 1 heterocycles. The molecule has 0 aliphatic carbocycles. The van der Waals surface area contributed by atoms with Crippen LogP contribution in [0.1, 0.15) is 23.2 Å². The number of aromatic hydroxyl groups is 1. The van der Waals surface area contributed by atoms with Crippen LogP contribution >= 0.6 is 0 Å². The Morgan fingerprint density at radius 2 is 2.26 bits per heavy atom. The van der Waals surface area contributed by atoms with E-state index >= 15 is 0 Å². The van der Waals surface area contributed by atoms with Crippen molar-refractivity contribution in [2.24, 2.45) is 0 Å². The monoisotopic (exact) mass is 263 g/mol. The van der Waals surface area contributed by atoms with Gasteiger partial charge in [-0.25, -0.2) is 0 Å². The van der Waals surface area contributed by atoms with E-state index in [4.69, 9.17) is 5.73 Å². The van der Waals surface area contributed by atoms with Gasteiger partial charge >= 0.3 is 0 Å². The molecule has 1 aromatic carbocycles. The van der Waals surface area contributed by atoms with Crippen molar-refractivity contribution < 1.29 is 14.7 Å². The summed E-state index contributed by atoms with van der Waals surface area (Å²) in [5.74, 6) is -0.505. The fraction of sp³-hybridized carbons (Fsp3) is 0.385. The molecule has 1 aliphatic rings. The minimum absolute atomic E-state index is 0.0808.